The summed E-state index contributed by atoms with van der Waals surface area (Å²) in [5, 5.41) is 19.6. The van der Waals surface area contributed by atoms with E-state index in [0.29, 0.717) is 0 Å². The predicted molar refractivity (Wildman–Crippen MR) is 74.4 cm³/mol. The van der Waals surface area contributed by atoms with Crippen molar-refractivity contribution in [2.75, 3.05) is 6.54 Å². The Balaban J connectivity index is 3.04. The number of carboxylic acid groups (broad SMARTS) is 1. The third-order valence-electron chi connectivity index (χ3n) is 2.94. The van der Waals surface area contributed by atoms with E-state index < -0.39 is 26.3 Å². The van der Waals surface area contributed by atoms with E-state index in [-0.39, 0.29) is 22.7 Å². The second-order valence-electron chi connectivity index (χ2n) is 5.22. The van der Waals surface area contributed by atoms with Crippen molar-refractivity contribution in [3.8, 4) is 0 Å². The van der Waals surface area contributed by atoms with E-state index in [1.54, 1.807) is 0 Å². The summed E-state index contributed by atoms with van der Waals surface area (Å²) >= 11 is 0. The van der Waals surface area contributed by atoms with E-state index in [2.05, 4.69) is 4.72 Å². The average Bonchev–Trinajstić information content (AvgIpc) is 2.36. The smallest absolute Gasteiger partial charge is 0.310 e. The lowest BCUT2D eigenvalue weighted by atomic mass is 9.95. The van der Waals surface area contributed by atoms with E-state index in [1.807, 2.05) is 0 Å². The molecule has 1 aromatic rings. The van der Waals surface area contributed by atoms with E-state index >= 15 is 0 Å². The van der Waals surface area contributed by atoms with Crippen LogP contribution < -0.4 is 4.72 Å². The molecular formula is C12H16N2O6S. The largest absolute Gasteiger partial charge is 0.481 e. The van der Waals surface area contributed by atoms with Gasteiger partial charge in [0.2, 0.25) is 10.0 Å². The number of sulfonamides is 1. The normalized spacial score (nSPS) is 12.1. The summed E-state index contributed by atoms with van der Waals surface area (Å²) in [4.78, 5) is 20.8. The number of nitro benzene ring substituents is 1. The first-order chi connectivity index (χ1) is 9.47. The summed E-state index contributed by atoms with van der Waals surface area (Å²) in [6, 6.07) is 3.37. The van der Waals surface area contributed by atoms with E-state index in [1.165, 1.54) is 20.8 Å². The number of aliphatic carboxylic acids is 1. The van der Waals surface area contributed by atoms with Gasteiger partial charge in [0.1, 0.15) is 0 Å². The molecule has 116 valence electrons. The molecule has 0 spiro atoms. The quantitative estimate of drug-likeness (QED) is 0.601. The van der Waals surface area contributed by atoms with Crippen LogP contribution in [0.3, 0.4) is 0 Å². The van der Waals surface area contributed by atoms with Crippen LogP contribution in [0.2, 0.25) is 0 Å². The minimum atomic E-state index is -3.94. The van der Waals surface area contributed by atoms with Gasteiger partial charge in [0, 0.05) is 18.7 Å². The standard InChI is InChI=1S/C12H16N2O6S/c1-8-6-9(14(17)18)4-5-10(8)21(19,20)13-7-12(2,3)11(15)16/h4-6,13H,7H2,1-3H3,(H,15,16). The van der Waals surface area contributed by atoms with Gasteiger partial charge < -0.3 is 5.11 Å². The molecular weight excluding hydrogens is 300 g/mol. The number of hydrogen-bond acceptors (Lipinski definition) is 5. The van der Waals surface area contributed by atoms with Gasteiger partial charge in [-0.25, -0.2) is 13.1 Å². The van der Waals surface area contributed by atoms with Crippen molar-refractivity contribution in [1.82, 2.24) is 4.72 Å². The van der Waals surface area contributed by atoms with E-state index in [4.69, 9.17) is 5.11 Å². The van der Waals surface area contributed by atoms with Crippen LogP contribution in [0.1, 0.15) is 19.4 Å². The van der Waals surface area contributed by atoms with Gasteiger partial charge in [-0.3, -0.25) is 14.9 Å². The topological polar surface area (TPSA) is 127 Å². The summed E-state index contributed by atoms with van der Waals surface area (Å²) in [6.07, 6.45) is 0. The molecule has 1 aromatic carbocycles. The molecule has 2 N–H and O–H groups in total. The zero-order valence-electron chi connectivity index (χ0n) is 11.8. The number of non-ortho nitro benzene ring substituents is 1. The van der Waals surface area contributed by atoms with Crippen LogP contribution in [-0.2, 0) is 14.8 Å². The van der Waals surface area contributed by atoms with Crippen LogP contribution in [0.15, 0.2) is 23.1 Å². The van der Waals surface area contributed by atoms with Gasteiger partial charge in [-0.2, -0.15) is 0 Å². The van der Waals surface area contributed by atoms with Crippen molar-refractivity contribution in [1.29, 1.82) is 0 Å². The minimum Gasteiger partial charge on any atom is -0.481 e. The summed E-state index contributed by atoms with van der Waals surface area (Å²) in [7, 11) is -3.94. The molecule has 0 aliphatic rings. The van der Waals surface area contributed by atoms with Crippen LogP contribution in [0.25, 0.3) is 0 Å². The number of carbonyl (C=O) groups is 1. The van der Waals surface area contributed by atoms with Crippen molar-refractivity contribution in [3.05, 3.63) is 33.9 Å². The average molecular weight is 316 g/mol. The van der Waals surface area contributed by atoms with Crippen LogP contribution >= 0.6 is 0 Å². The maximum absolute atomic E-state index is 12.1. The maximum Gasteiger partial charge on any atom is 0.310 e. The molecule has 0 amide bonds. The molecule has 0 aromatic heterocycles. The molecule has 0 saturated carbocycles. The Kier molecular flexibility index (Phi) is 4.69. The van der Waals surface area contributed by atoms with Crippen molar-refractivity contribution in [2.24, 2.45) is 5.41 Å². The fourth-order valence-electron chi connectivity index (χ4n) is 1.48. The fraction of sp³-hybridized carbons (Fsp3) is 0.417. The molecule has 0 unspecified atom stereocenters. The molecule has 0 bridgehead atoms. The zero-order valence-corrected chi connectivity index (χ0v) is 12.6. The number of nitrogens with one attached hydrogen (secondary N) is 1. The molecule has 0 aliphatic heterocycles. The molecule has 8 nitrogen and oxygen atoms in total. The van der Waals surface area contributed by atoms with Crippen molar-refractivity contribution < 1.29 is 23.2 Å². The number of carboxylic acids is 1. The maximum atomic E-state index is 12.1. The van der Waals surface area contributed by atoms with Gasteiger partial charge in [-0.15, -0.1) is 0 Å². The number of aryl methyl sites for hydroxylation is 1. The lowest BCUT2D eigenvalue weighted by Crippen LogP contribution is -2.39. The Hall–Kier alpha value is -2.00. The number of rotatable bonds is 6. The monoisotopic (exact) mass is 316 g/mol. The van der Waals surface area contributed by atoms with Gasteiger partial charge in [0.15, 0.2) is 0 Å². The van der Waals surface area contributed by atoms with E-state index in [0.717, 1.165) is 18.2 Å². The fourth-order valence-corrected chi connectivity index (χ4v) is 2.91. The third kappa shape index (κ3) is 3.99. The number of nitro groups is 1. The van der Waals surface area contributed by atoms with Gasteiger partial charge in [0.25, 0.3) is 5.69 Å². The zero-order chi connectivity index (χ0) is 16.4. The van der Waals surface area contributed by atoms with Crippen LogP contribution in [0.4, 0.5) is 5.69 Å². The first-order valence-corrected chi connectivity index (χ1v) is 7.44. The summed E-state index contributed by atoms with van der Waals surface area (Å²) < 4.78 is 26.5. The van der Waals surface area contributed by atoms with Gasteiger partial charge in [-0.1, -0.05) is 0 Å². The molecule has 1 rings (SSSR count). The Bertz CT molecular complexity index is 681. The molecule has 0 radical (unpaired) electrons. The van der Waals surface area contributed by atoms with Crippen molar-refractivity contribution >= 4 is 21.7 Å². The highest BCUT2D eigenvalue weighted by Crippen LogP contribution is 2.22. The SMILES string of the molecule is Cc1cc([N+](=O)[O-])ccc1S(=O)(=O)NCC(C)(C)C(=O)O. The third-order valence-corrected chi connectivity index (χ3v) is 4.50. The summed E-state index contributed by atoms with van der Waals surface area (Å²) in [6.45, 7) is 3.92. The molecule has 0 aliphatic carbocycles. The van der Waals surface area contributed by atoms with Gasteiger partial charge in [0.05, 0.1) is 15.2 Å². The highest BCUT2D eigenvalue weighted by molar-refractivity contribution is 7.89. The lowest BCUT2D eigenvalue weighted by molar-refractivity contribution is -0.385. The summed E-state index contributed by atoms with van der Waals surface area (Å²) in [5.74, 6) is -1.13. The Morgan fingerprint density at radius 2 is 2.00 bits per heavy atom. The van der Waals surface area contributed by atoms with Crippen LogP contribution in [-0.4, -0.2) is 31.0 Å². The lowest BCUT2D eigenvalue weighted by Gasteiger charge is -2.19. The highest BCUT2D eigenvalue weighted by atomic mass is 32.2. The number of hydrogen-bond donors (Lipinski definition) is 2. The first kappa shape index (κ1) is 17.1. The number of benzene rings is 1. The second-order valence-corrected chi connectivity index (χ2v) is 6.96. The second kappa shape index (κ2) is 5.78. The summed E-state index contributed by atoms with van der Waals surface area (Å²) in [5.41, 5.74) is -1.26. The Labute approximate surface area is 122 Å². The predicted octanol–water partition coefficient (Wildman–Crippen LogP) is 1.29. The van der Waals surface area contributed by atoms with Crippen molar-refractivity contribution in [2.45, 2.75) is 25.7 Å². The molecule has 9 heteroatoms. The number of nitrogens with zero attached hydrogens (tertiary/aromatic N) is 1. The molecule has 0 saturated heterocycles. The highest BCUT2D eigenvalue weighted by Gasteiger charge is 2.30. The Morgan fingerprint density at radius 3 is 2.43 bits per heavy atom. The molecule has 0 fully saturated rings. The van der Waals surface area contributed by atoms with Crippen molar-refractivity contribution in [3.63, 3.8) is 0 Å². The Morgan fingerprint density at radius 1 is 1.43 bits per heavy atom. The van der Waals surface area contributed by atoms with Crippen LogP contribution in [0.5, 0.6) is 0 Å². The van der Waals surface area contributed by atoms with Crippen LogP contribution in [0, 0.1) is 22.5 Å². The minimum absolute atomic E-state index is 0.116. The van der Waals surface area contributed by atoms with E-state index in [9.17, 15) is 23.3 Å². The van der Waals surface area contributed by atoms with Gasteiger partial charge >= 0.3 is 5.97 Å². The molecule has 0 heterocycles. The molecule has 21 heavy (non-hydrogen) atoms. The molecule has 0 atom stereocenters. The van der Waals surface area contributed by atoms with Gasteiger partial charge in [-0.05, 0) is 32.4 Å². The first-order valence-electron chi connectivity index (χ1n) is 5.95.